The molecule has 0 radical (unpaired) electrons. The van der Waals surface area contributed by atoms with Gasteiger partial charge in [0.15, 0.2) is 0 Å². The summed E-state index contributed by atoms with van der Waals surface area (Å²) in [5, 5.41) is 16.4. The Bertz CT molecular complexity index is 940. The van der Waals surface area contributed by atoms with Gasteiger partial charge in [-0.05, 0) is 25.5 Å². The first kappa shape index (κ1) is 18.4. The number of nitrogens with one attached hydrogen (secondary N) is 2. The first-order valence-electron chi connectivity index (χ1n) is 8.02. The van der Waals surface area contributed by atoms with Crippen LogP contribution in [-0.4, -0.2) is 46.6 Å². The van der Waals surface area contributed by atoms with E-state index in [1.54, 1.807) is 37.0 Å². The number of carbonyl (C=O) groups is 1. The Balaban J connectivity index is 1.87. The molecule has 10 heteroatoms. The molecule has 2 aromatic rings. The lowest BCUT2D eigenvalue weighted by Gasteiger charge is -2.36. The third-order valence-electron chi connectivity index (χ3n) is 4.41. The highest BCUT2D eigenvalue weighted by atomic mass is 32.2. The quantitative estimate of drug-likeness (QED) is 0.724. The van der Waals surface area contributed by atoms with Gasteiger partial charge >= 0.3 is 0 Å². The molecule has 0 unspecified atom stereocenters. The summed E-state index contributed by atoms with van der Waals surface area (Å²) < 4.78 is 30.2. The van der Waals surface area contributed by atoms with Crippen LogP contribution in [0.1, 0.15) is 23.7 Å². The molecule has 9 nitrogen and oxygen atoms in total. The van der Waals surface area contributed by atoms with Crippen molar-refractivity contribution in [2.75, 3.05) is 12.4 Å². The Hall–Kier alpha value is -2.43. The molecule has 1 fully saturated rings. The van der Waals surface area contributed by atoms with E-state index in [1.807, 2.05) is 0 Å². The predicted octanol–water partition coefficient (Wildman–Crippen LogP) is 0.652. The van der Waals surface area contributed by atoms with Crippen molar-refractivity contribution in [3.8, 4) is 5.75 Å². The molecule has 0 bridgehead atoms. The standard InChI is InChI=1S/C16H21N5O4S/c1-10-13(9-20(2)18-10)14-8-15(21(3)26(24,25)19-14)16(23)17-11-5-4-6-12(22)7-11/h4-7,9,14-15,19,22H,8H2,1-3H3,(H,17,23)/t14-,15+/m0/s1. The molecular formula is C16H21N5O4S. The second-order valence-corrected chi connectivity index (χ2v) is 8.09. The Labute approximate surface area is 151 Å². The van der Waals surface area contributed by atoms with Gasteiger partial charge in [-0.3, -0.25) is 9.48 Å². The van der Waals surface area contributed by atoms with E-state index in [-0.39, 0.29) is 12.2 Å². The highest BCUT2D eigenvalue weighted by Crippen LogP contribution is 2.30. The Morgan fingerprint density at radius 2 is 2.12 bits per heavy atom. The van der Waals surface area contributed by atoms with Crippen LogP contribution in [0.25, 0.3) is 0 Å². The number of phenols is 1. The van der Waals surface area contributed by atoms with E-state index < -0.39 is 28.2 Å². The van der Waals surface area contributed by atoms with E-state index in [9.17, 15) is 18.3 Å². The lowest BCUT2D eigenvalue weighted by molar-refractivity contribution is -0.120. The van der Waals surface area contributed by atoms with Crippen LogP contribution in [0.15, 0.2) is 30.5 Å². The van der Waals surface area contributed by atoms with Gasteiger partial charge in [-0.2, -0.15) is 22.5 Å². The zero-order chi connectivity index (χ0) is 19.1. The highest BCUT2D eigenvalue weighted by molar-refractivity contribution is 7.87. The van der Waals surface area contributed by atoms with Crippen LogP contribution in [0.4, 0.5) is 5.69 Å². The van der Waals surface area contributed by atoms with Crippen molar-refractivity contribution in [2.45, 2.75) is 25.4 Å². The van der Waals surface area contributed by atoms with Crippen LogP contribution < -0.4 is 10.0 Å². The molecule has 140 valence electrons. The lowest BCUT2D eigenvalue weighted by atomic mass is 10.00. The van der Waals surface area contributed by atoms with Crippen LogP contribution in [0.3, 0.4) is 0 Å². The van der Waals surface area contributed by atoms with Crippen molar-refractivity contribution in [3.05, 3.63) is 41.7 Å². The molecule has 1 aliphatic heterocycles. The minimum Gasteiger partial charge on any atom is -0.508 e. The number of likely N-dealkylation sites (N-methyl/N-ethyl adjacent to an activating group) is 1. The van der Waals surface area contributed by atoms with Gasteiger partial charge in [0.25, 0.3) is 10.2 Å². The summed E-state index contributed by atoms with van der Waals surface area (Å²) in [6.45, 7) is 1.80. The van der Waals surface area contributed by atoms with Gasteiger partial charge in [0.05, 0.1) is 11.7 Å². The molecule has 3 N–H and O–H groups in total. The second kappa shape index (κ2) is 6.71. The van der Waals surface area contributed by atoms with Gasteiger partial charge in [-0.1, -0.05) is 6.07 Å². The van der Waals surface area contributed by atoms with Crippen molar-refractivity contribution in [2.24, 2.45) is 7.05 Å². The van der Waals surface area contributed by atoms with Gasteiger partial charge in [0.1, 0.15) is 11.8 Å². The molecule has 1 amide bonds. The summed E-state index contributed by atoms with van der Waals surface area (Å²) in [6, 6.07) is 4.65. The normalized spacial score (nSPS) is 22.9. The Morgan fingerprint density at radius 1 is 1.38 bits per heavy atom. The predicted molar refractivity (Wildman–Crippen MR) is 95.6 cm³/mol. The molecule has 2 heterocycles. The fourth-order valence-electron chi connectivity index (χ4n) is 3.08. The van der Waals surface area contributed by atoms with E-state index in [0.717, 1.165) is 9.87 Å². The van der Waals surface area contributed by atoms with Crippen LogP contribution in [0, 0.1) is 6.92 Å². The largest absolute Gasteiger partial charge is 0.508 e. The number of phenolic OH excluding ortho intramolecular Hbond substituents is 1. The van der Waals surface area contributed by atoms with Gasteiger partial charge in [-0.15, -0.1) is 0 Å². The van der Waals surface area contributed by atoms with Crippen LogP contribution in [0.2, 0.25) is 0 Å². The summed E-state index contributed by atoms with van der Waals surface area (Å²) in [4.78, 5) is 12.7. The summed E-state index contributed by atoms with van der Waals surface area (Å²) >= 11 is 0. The van der Waals surface area contributed by atoms with E-state index in [0.29, 0.717) is 11.4 Å². The smallest absolute Gasteiger partial charge is 0.280 e. The van der Waals surface area contributed by atoms with Gasteiger partial charge in [0, 0.05) is 37.6 Å². The van der Waals surface area contributed by atoms with Crippen LogP contribution in [0.5, 0.6) is 5.75 Å². The van der Waals surface area contributed by atoms with Crippen molar-refractivity contribution in [1.29, 1.82) is 0 Å². The number of hydrogen-bond acceptors (Lipinski definition) is 5. The van der Waals surface area contributed by atoms with Gasteiger partial charge < -0.3 is 10.4 Å². The number of aromatic hydroxyl groups is 1. The number of carbonyl (C=O) groups excluding carboxylic acids is 1. The summed E-state index contributed by atoms with van der Waals surface area (Å²) in [6.07, 6.45) is 2.00. The third kappa shape index (κ3) is 3.57. The molecule has 2 atom stereocenters. The van der Waals surface area contributed by atoms with E-state index >= 15 is 0 Å². The molecule has 0 saturated carbocycles. The molecular weight excluding hydrogens is 358 g/mol. The zero-order valence-corrected chi connectivity index (χ0v) is 15.5. The molecule has 1 aromatic heterocycles. The lowest BCUT2D eigenvalue weighted by Crippen LogP contribution is -2.56. The van der Waals surface area contributed by atoms with Crippen molar-refractivity contribution in [3.63, 3.8) is 0 Å². The number of aromatic nitrogens is 2. The van der Waals surface area contributed by atoms with E-state index in [1.165, 1.54) is 19.2 Å². The first-order valence-corrected chi connectivity index (χ1v) is 9.46. The number of hydrogen-bond donors (Lipinski definition) is 3. The Morgan fingerprint density at radius 3 is 2.73 bits per heavy atom. The van der Waals surface area contributed by atoms with Crippen molar-refractivity contribution < 1.29 is 18.3 Å². The second-order valence-electron chi connectivity index (χ2n) is 6.33. The van der Waals surface area contributed by atoms with Crippen molar-refractivity contribution >= 4 is 21.8 Å². The molecule has 26 heavy (non-hydrogen) atoms. The molecule has 0 spiro atoms. The maximum Gasteiger partial charge on any atom is 0.280 e. The van der Waals surface area contributed by atoms with E-state index in [4.69, 9.17) is 0 Å². The van der Waals surface area contributed by atoms with Crippen LogP contribution in [-0.2, 0) is 22.1 Å². The first-order chi connectivity index (χ1) is 12.2. The minimum atomic E-state index is -3.82. The maximum absolute atomic E-state index is 12.7. The topological polar surface area (TPSA) is 117 Å². The number of benzene rings is 1. The average molecular weight is 379 g/mol. The fourth-order valence-corrected chi connectivity index (χ4v) is 4.35. The number of nitrogens with zero attached hydrogens (tertiary/aromatic N) is 3. The number of aryl methyl sites for hydroxylation is 2. The third-order valence-corrected chi connectivity index (χ3v) is 6.01. The highest BCUT2D eigenvalue weighted by Gasteiger charge is 2.41. The summed E-state index contributed by atoms with van der Waals surface area (Å²) in [7, 11) is -0.706. The number of amides is 1. The zero-order valence-electron chi connectivity index (χ0n) is 14.7. The molecule has 0 aliphatic carbocycles. The van der Waals surface area contributed by atoms with E-state index in [2.05, 4.69) is 15.1 Å². The molecule has 1 aliphatic rings. The Kier molecular flexibility index (Phi) is 4.74. The molecule has 1 aromatic carbocycles. The minimum absolute atomic E-state index is 0.0120. The van der Waals surface area contributed by atoms with Gasteiger partial charge in [0.2, 0.25) is 5.91 Å². The average Bonchev–Trinajstić information content (AvgIpc) is 2.88. The van der Waals surface area contributed by atoms with Crippen molar-refractivity contribution in [1.82, 2.24) is 18.8 Å². The van der Waals surface area contributed by atoms with Crippen LogP contribution >= 0.6 is 0 Å². The summed E-state index contributed by atoms with van der Waals surface area (Å²) in [5.74, 6) is -0.451. The number of rotatable bonds is 3. The maximum atomic E-state index is 12.7. The monoisotopic (exact) mass is 379 g/mol. The summed E-state index contributed by atoms with van der Waals surface area (Å²) in [5.41, 5.74) is 1.84. The molecule has 3 rings (SSSR count). The van der Waals surface area contributed by atoms with Gasteiger partial charge in [-0.25, -0.2) is 0 Å². The SMILES string of the molecule is Cc1nn(C)cc1[C@@H]1C[C@H](C(=O)Nc2cccc(O)c2)N(C)S(=O)(=O)N1. The molecule has 1 saturated heterocycles. The number of anilines is 1. The fraction of sp³-hybridized carbons (Fsp3) is 0.375.